The Bertz CT molecular complexity index is 1010. The highest BCUT2D eigenvalue weighted by molar-refractivity contribution is 6.12. The van der Waals surface area contributed by atoms with Gasteiger partial charge in [0, 0.05) is 53.3 Å². The lowest BCUT2D eigenvalue weighted by atomic mass is 9.99. The average molecular weight is 374 g/mol. The highest BCUT2D eigenvalue weighted by Gasteiger charge is 2.13. The van der Waals surface area contributed by atoms with Crippen LogP contribution in [0, 0.1) is 5.92 Å². The summed E-state index contributed by atoms with van der Waals surface area (Å²) in [7, 11) is 1.61. The fraction of sp³-hybridized carbons (Fsp3) is 0.261. The number of fused-ring (bicyclic) bond motifs is 1. The Morgan fingerprint density at radius 2 is 2.07 bits per heavy atom. The van der Waals surface area contributed by atoms with Gasteiger partial charge >= 0.3 is 0 Å². The van der Waals surface area contributed by atoms with Crippen LogP contribution in [0.3, 0.4) is 0 Å². The van der Waals surface area contributed by atoms with Crippen LogP contribution in [0.15, 0.2) is 59.9 Å². The van der Waals surface area contributed by atoms with Crippen molar-refractivity contribution in [2.24, 2.45) is 16.6 Å². The maximum Gasteiger partial charge on any atom is 0.213 e. The molecule has 0 fully saturated rings. The third kappa shape index (κ3) is 4.55. The average Bonchev–Trinajstić information content (AvgIpc) is 2.73. The molecular formula is C23H26N4O. The van der Waals surface area contributed by atoms with E-state index in [4.69, 9.17) is 10.5 Å². The van der Waals surface area contributed by atoms with E-state index in [1.54, 1.807) is 19.5 Å². The Morgan fingerprint density at radius 1 is 1.21 bits per heavy atom. The molecule has 0 saturated heterocycles. The minimum Gasteiger partial charge on any atom is -0.481 e. The van der Waals surface area contributed by atoms with E-state index in [9.17, 15) is 0 Å². The highest BCUT2D eigenvalue weighted by Crippen LogP contribution is 2.30. The van der Waals surface area contributed by atoms with Crippen molar-refractivity contribution in [2.75, 3.05) is 13.7 Å². The number of pyridine rings is 2. The van der Waals surface area contributed by atoms with E-state index in [2.05, 4.69) is 28.8 Å². The molecule has 5 heteroatoms. The first-order chi connectivity index (χ1) is 13.6. The summed E-state index contributed by atoms with van der Waals surface area (Å²) in [5.74, 6) is 1.17. The molecule has 2 heterocycles. The van der Waals surface area contributed by atoms with Crippen LogP contribution in [0.2, 0.25) is 0 Å². The monoisotopic (exact) mass is 374 g/mol. The van der Waals surface area contributed by atoms with Crippen molar-refractivity contribution in [2.45, 2.75) is 20.3 Å². The number of allylic oxidation sites excluding steroid dienone is 1. The highest BCUT2D eigenvalue weighted by atomic mass is 16.5. The van der Waals surface area contributed by atoms with Gasteiger partial charge in [-0.05, 0) is 30.5 Å². The Balaban J connectivity index is 2.03. The number of hydrogen-bond donors (Lipinski definition) is 1. The van der Waals surface area contributed by atoms with Crippen LogP contribution in [0.25, 0.3) is 27.7 Å². The first-order valence-corrected chi connectivity index (χ1v) is 9.44. The smallest absolute Gasteiger partial charge is 0.213 e. The van der Waals surface area contributed by atoms with Gasteiger partial charge in [-0.25, -0.2) is 4.98 Å². The molecule has 2 N–H and O–H groups in total. The van der Waals surface area contributed by atoms with Crippen LogP contribution in [-0.4, -0.2) is 29.8 Å². The second-order valence-electron chi connectivity index (χ2n) is 7.00. The Morgan fingerprint density at radius 3 is 2.82 bits per heavy atom. The predicted octanol–water partition coefficient (Wildman–Crippen LogP) is 4.72. The van der Waals surface area contributed by atoms with Crippen molar-refractivity contribution in [1.82, 2.24) is 9.97 Å². The molecule has 0 saturated carbocycles. The van der Waals surface area contributed by atoms with Gasteiger partial charge in [-0.3, -0.25) is 9.98 Å². The number of benzene rings is 1. The van der Waals surface area contributed by atoms with Crippen LogP contribution >= 0.6 is 0 Å². The van der Waals surface area contributed by atoms with E-state index in [0.29, 0.717) is 11.8 Å². The summed E-state index contributed by atoms with van der Waals surface area (Å²) in [6.45, 7) is 5.15. The van der Waals surface area contributed by atoms with Crippen molar-refractivity contribution < 1.29 is 4.74 Å². The van der Waals surface area contributed by atoms with Gasteiger partial charge < -0.3 is 10.5 Å². The molecule has 1 aromatic carbocycles. The van der Waals surface area contributed by atoms with Gasteiger partial charge in [-0.1, -0.05) is 32.0 Å². The maximum atomic E-state index is 5.93. The summed E-state index contributed by atoms with van der Waals surface area (Å²) in [6, 6.07) is 13.9. The van der Waals surface area contributed by atoms with Crippen LogP contribution in [0.4, 0.5) is 0 Å². The maximum absolute atomic E-state index is 5.93. The molecule has 0 aliphatic heterocycles. The molecule has 3 rings (SSSR count). The normalized spacial score (nSPS) is 12.2. The molecular weight excluding hydrogens is 348 g/mol. The molecule has 0 amide bonds. The van der Waals surface area contributed by atoms with E-state index < -0.39 is 0 Å². The summed E-state index contributed by atoms with van der Waals surface area (Å²) < 4.78 is 5.35. The first kappa shape index (κ1) is 19.5. The van der Waals surface area contributed by atoms with Crippen molar-refractivity contribution in [3.63, 3.8) is 0 Å². The molecule has 0 aliphatic carbocycles. The van der Waals surface area contributed by atoms with Crippen LogP contribution < -0.4 is 10.5 Å². The molecule has 0 spiro atoms. The van der Waals surface area contributed by atoms with Gasteiger partial charge in [-0.2, -0.15) is 0 Å². The molecule has 0 atom stereocenters. The van der Waals surface area contributed by atoms with Crippen LogP contribution in [-0.2, 0) is 0 Å². The number of aromatic nitrogens is 2. The Hall–Kier alpha value is -3.21. The summed E-state index contributed by atoms with van der Waals surface area (Å²) in [4.78, 5) is 13.7. The molecule has 144 valence electrons. The van der Waals surface area contributed by atoms with E-state index in [-0.39, 0.29) is 0 Å². The second-order valence-corrected chi connectivity index (χ2v) is 7.00. The fourth-order valence-electron chi connectivity index (χ4n) is 2.92. The van der Waals surface area contributed by atoms with E-state index >= 15 is 0 Å². The third-order valence-corrected chi connectivity index (χ3v) is 4.51. The quantitative estimate of drug-likeness (QED) is 0.607. The summed E-state index contributed by atoms with van der Waals surface area (Å²) in [6.07, 6.45) is 6.23. The number of rotatable bonds is 7. The van der Waals surface area contributed by atoms with Crippen LogP contribution in [0.1, 0.15) is 25.8 Å². The predicted molar refractivity (Wildman–Crippen MR) is 117 cm³/mol. The number of hydrogen-bond acceptors (Lipinski definition) is 5. The Labute approximate surface area is 166 Å². The topological polar surface area (TPSA) is 73.4 Å². The summed E-state index contributed by atoms with van der Waals surface area (Å²) in [5, 5.41) is 1.08. The van der Waals surface area contributed by atoms with Gasteiger partial charge in [0.25, 0.3) is 0 Å². The molecule has 0 unspecified atom stereocenters. The molecule has 28 heavy (non-hydrogen) atoms. The standard InChI is InChI=1S/C23H26N4O/c1-16(2)10-12-25-15-19(14-24)20-8-9-22(28-3)27-23(20)18-7-6-17-5-4-11-26-21(17)13-18/h4-9,11,13-16H,10,12,24H2,1-3H3/b19-14+,25-15?. The molecule has 0 radical (unpaired) electrons. The Kier molecular flexibility index (Phi) is 6.37. The lowest BCUT2D eigenvalue weighted by Crippen LogP contribution is -2.00. The van der Waals surface area contributed by atoms with Gasteiger partial charge in [0.15, 0.2) is 0 Å². The lowest BCUT2D eigenvalue weighted by Gasteiger charge is -2.12. The number of ether oxygens (including phenoxy) is 1. The summed E-state index contributed by atoms with van der Waals surface area (Å²) in [5.41, 5.74) is 10.3. The number of nitrogens with zero attached hydrogens (tertiary/aromatic N) is 3. The fourth-order valence-corrected chi connectivity index (χ4v) is 2.92. The SMILES string of the molecule is COc1ccc(/C(C=NCCC(C)C)=C/N)c(-c2ccc3cccnc3c2)n1. The molecule has 0 bridgehead atoms. The van der Waals surface area contributed by atoms with E-state index in [1.165, 1.54) is 0 Å². The van der Waals surface area contributed by atoms with Crippen molar-refractivity contribution in [3.8, 4) is 17.1 Å². The zero-order chi connectivity index (χ0) is 19.9. The van der Waals surface area contributed by atoms with Gasteiger partial charge in [0.05, 0.1) is 18.3 Å². The minimum atomic E-state index is 0.549. The number of nitrogens with two attached hydrogens (primary N) is 1. The van der Waals surface area contributed by atoms with Gasteiger partial charge in [0.2, 0.25) is 5.88 Å². The summed E-state index contributed by atoms with van der Waals surface area (Å²) >= 11 is 0. The minimum absolute atomic E-state index is 0.549. The van der Waals surface area contributed by atoms with Crippen molar-refractivity contribution in [3.05, 3.63) is 60.4 Å². The molecule has 5 nitrogen and oxygen atoms in total. The van der Waals surface area contributed by atoms with E-state index in [1.807, 2.05) is 48.7 Å². The largest absolute Gasteiger partial charge is 0.481 e. The number of methoxy groups -OCH3 is 1. The number of aliphatic imine (C=N–C) groups is 1. The third-order valence-electron chi connectivity index (χ3n) is 4.51. The van der Waals surface area contributed by atoms with Crippen molar-refractivity contribution in [1.29, 1.82) is 0 Å². The van der Waals surface area contributed by atoms with E-state index in [0.717, 1.165) is 46.3 Å². The van der Waals surface area contributed by atoms with Crippen molar-refractivity contribution >= 4 is 22.7 Å². The zero-order valence-corrected chi connectivity index (χ0v) is 16.6. The van der Waals surface area contributed by atoms with Crippen LogP contribution in [0.5, 0.6) is 5.88 Å². The molecule has 3 aromatic rings. The zero-order valence-electron chi connectivity index (χ0n) is 16.6. The lowest BCUT2D eigenvalue weighted by molar-refractivity contribution is 0.398. The first-order valence-electron chi connectivity index (χ1n) is 9.44. The van der Waals surface area contributed by atoms with Gasteiger partial charge in [0.1, 0.15) is 0 Å². The molecule has 0 aliphatic rings. The second kappa shape index (κ2) is 9.13. The van der Waals surface area contributed by atoms with Gasteiger partial charge in [-0.15, -0.1) is 0 Å². The molecule has 2 aromatic heterocycles.